The van der Waals surface area contributed by atoms with Crippen molar-refractivity contribution in [3.8, 4) is 11.1 Å². The van der Waals surface area contributed by atoms with Gasteiger partial charge in [-0.15, -0.1) is 0 Å². The minimum absolute atomic E-state index is 0.155. The smallest absolute Gasteiger partial charge is 0.235 e. The van der Waals surface area contributed by atoms with Crippen LogP contribution < -0.4 is 4.31 Å². The molecule has 1 aliphatic heterocycles. The summed E-state index contributed by atoms with van der Waals surface area (Å²) in [4.78, 5) is 0. The van der Waals surface area contributed by atoms with Gasteiger partial charge < -0.3 is 4.74 Å². The molecule has 24 heavy (non-hydrogen) atoms. The molecule has 0 unspecified atom stereocenters. The van der Waals surface area contributed by atoms with E-state index in [0.717, 1.165) is 16.7 Å². The molecule has 0 spiro atoms. The first kappa shape index (κ1) is 17.5. The molecule has 0 atom stereocenters. The predicted octanol–water partition coefficient (Wildman–Crippen LogP) is 4.35. The average Bonchev–Trinajstić information content (AvgIpc) is 2.89. The molecule has 1 saturated heterocycles. The van der Waals surface area contributed by atoms with Crippen LogP contribution in [0.5, 0.6) is 0 Å². The summed E-state index contributed by atoms with van der Waals surface area (Å²) in [7, 11) is -1.68. The van der Waals surface area contributed by atoms with E-state index in [1.54, 1.807) is 31.4 Å². The lowest BCUT2D eigenvalue weighted by Crippen LogP contribution is -2.25. The Kier molecular flexibility index (Phi) is 5.06. The third-order valence-electron chi connectivity index (χ3n) is 4.00. The van der Waals surface area contributed by atoms with E-state index in [1.165, 1.54) is 4.31 Å². The fourth-order valence-corrected chi connectivity index (χ4v) is 4.89. The Labute approximate surface area is 152 Å². The number of benzene rings is 2. The summed E-state index contributed by atoms with van der Waals surface area (Å²) < 4.78 is 31.1. The highest BCUT2D eigenvalue weighted by Crippen LogP contribution is 2.37. The second kappa shape index (κ2) is 6.92. The second-order valence-corrected chi connectivity index (χ2v) is 8.50. The molecule has 1 fully saturated rings. The summed E-state index contributed by atoms with van der Waals surface area (Å²) in [6, 6.07) is 11.0. The summed E-state index contributed by atoms with van der Waals surface area (Å²) in [5, 5.41) is 1.06. The Bertz CT molecular complexity index is 851. The fourth-order valence-electron chi connectivity index (χ4n) is 2.88. The van der Waals surface area contributed by atoms with Crippen molar-refractivity contribution in [1.82, 2.24) is 0 Å². The van der Waals surface area contributed by atoms with Gasteiger partial charge in [0, 0.05) is 18.7 Å². The molecule has 0 N–H and O–H groups in total. The van der Waals surface area contributed by atoms with Gasteiger partial charge in [-0.25, -0.2) is 8.42 Å². The van der Waals surface area contributed by atoms with Gasteiger partial charge in [0.25, 0.3) is 0 Å². The molecule has 4 nitrogen and oxygen atoms in total. The molecule has 3 rings (SSSR count). The molecule has 1 aliphatic rings. The highest BCUT2D eigenvalue weighted by atomic mass is 35.5. The first-order valence-electron chi connectivity index (χ1n) is 7.50. The lowest BCUT2D eigenvalue weighted by Gasteiger charge is -2.21. The predicted molar refractivity (Wildman–Crippen MR) is 98.4 cm³/mol. The number of halogens is 2. The number of methoxy groups -OCH3 is 1. The third-order valence-corrected chi connectivity index (χ3v) is 6.41. The van der Waals surface area contributed by atoms with Gasteiger partial charge in [0.05, 0.1) is 23.1 Å². The third kappa shape index (κ3) is 3.40. The lowest BCUT2D eigenvalue weighted by molar-refractivity contribution is 0.185. The van der Waals surface area contributed by atoms with Crippen LogP contribution in [0, 0.1) is 0 Å². The van der Waals surface area contributed by atoms with Gasteiger partial charge in [0.15, 0.2) is 0 Å². The molecule has 2 aromatic carbocycles. The van der Waals surface area contributed by atoms with Crippen molar-refractivity contribution in [2.45, 2.75) is 13.0 Å². The quantitative estimate of drug-likeness (QED) is 0.785. The minimum Gasteiger partial charge on any atom is -0.380 e. The minimum atomic E-state index is -3.29. The molecule has 1 heterocycles. The molecule has 128 valence electrons. The second-order valence-electron chi connectivity index (χ2n) is 5.64. The van der Waals surface area contributed by atoms with Gasteiger partial charge >= 0.3 is 0 Å². The zero-order valence-corrected chi connectivity index (χ0v) is 15.5. The van der Waals surface area contributed by atoms with E-state index in [1.807, 2.05) is 12.1 Å². The summed E-state index contributed by atoms with van der Waals surface area (Å²) in [5.41, 5.74) is 3.24. The first-order valence-corrected chi connectivity index (χ1v) is 9.86. The van der Waals surface area contributed by atoms with Crippen LogP contribution in [0.4, 0.5) is 5.69 Å². The van der Waals surface area contributed by atoms with Crippen LogP contribution >= 0.6 is 23.2 Å². The highest BCUT2D eigenvalue weighted by molar-refractivity contribution is 7.93. The molecule has 7 heteroatoms. The number of ether oxygens (including phenoxy) is 1. The fraction of sp³-hybridized carbons (Fsp3) is 0.294. The maximum atomic E-state index is 12.2. The maximum absolute atomic E-state index is 12.2. The Hall–Kier alpha value is -1.27. The van der Waals surface area contributed by atoms with E-state index >= 15 is 0 Å². The van der Waals surface area contributed by atoms with Crippen molar-refractivity contribution in [3.63, 3.8) is 0 Å². The van der Waals surface area contributed by atoms with Crippen molar-refractivity contribution in [1.29, 1.82) is 0 Å². The molecule has 0 saturated carbocycles. The van der Waals surface area contributed by atoms with Crippen LogP contribution in [-0.2, 0) is 21.4 Å². The summed E-state index contributed by atoms with van der Waals surface area (Å²) in [5.74, 6) is 0.155. The highest BCUT2D eigenvalue weighted by Gasteiger charge is 2.30. The summed E-state index contributed by atoms with van der Waals surface area (Å²) in [6.45, 7) is 0.810. The average molecular weight is 386 g/mol. The van der Waals surface area contributed by atoms with E-state index in [-0.39, 0.29) is 5.75 Å². The van der Waals surface area contributed by atoms with Gasteiger partial charge in [-0.2, -0.15) is 0 Å². The normalized spacial score (nSPS) is 16.5. The van der Waals surface area contributed by atoms with Gasteiger partial charge in [-0.3, -0.25) is 4.31 Å². The van der Waals surface area contributed by atoms with Gasteiger partial charge in [0.2, 0.25) is 10.0 Å². The SMILES string of the molecule is COCc1cc(N2CCCS2(=O)=O)c(Cl)cc1-c1ccc(Cl)cc1. The van der Waals surface area contributed by atoms with Crippen molar-refractivity contribution in [3.05, 3.63) is 52.0 Å². The van der Waals surface area contributed by atoms with Crippen LogP contribution in [0.1, 0.15) is 12.0 Å². The number of sulfonamides is 1. The topological polar surface area (TPSA) is 46.6 Å². The summed E-state index contributed by atoms with van der Waals surface area (Å²) in [6.07, 6.45) is 0.608. The van der Waals surface area contributed by atoms with Crippen molar-refractivity contribution < 1.29 is 13.2 Å². The number of hydrogen-bond acceptors (Lipinski definition) is 3. The molecular weight excluding hydrogens is 369 g/mol. The zero-order chi connectivity index (χ0) is 17.3. The van der Waals surface area contributed by atoms with Gasteiger partial charge in [0.1, 0.15) is 0 Å². The maximum Gasteiger partial charge on any atom is 0.235 e. The molecule has 0 amide bonds. The van der Waals surface area contributed by atoms with E-state index in [0.29, 0.717) is 35.3 Å². The molecular formula is C17H17Cl2NO3S. The Morgan fingerprint density at radius 1 is 1.17 bits per heavy atom. The van der Waals surface area contributed by atoms with Crippen LogP contribution in [0.25, 0.3) is 11.1 Å². The molecule has 2 aromatic rings. The van der Waals surface area contributed by atoms with Crippen LogP contribution in [0.2, 0.25) is 10.0 Å². The van der Waals surface area contributed by atoms with Crippen molar-refractivity contribution in [2.24, 2.45) is 0 Å². The van der Waals surface area contributed by atoms with Crippen molar-refractivity contribution >= 4 is 38.9 Å². The standard InChI is InChI=1S/C17H17Cl2NO3S/c1-23-11-13-9-17(20-7-2-8-24(20,21)22)16(19)10-15(13)12-3-5-14(18)6-4-12/h3-6,9-10H,2,7-8,11H2,1H3. The van der Waals surface area contributed by atoms with Crippen LogP contribution in [-0.4, -0.2) is 27.8 Å². The van der Waals surface area contributed by atoms with Crippen LogP contribution in [0.15, 0.2) is 36.4 Å². The van der Waals surface area contributed by atoms with Gasteiger partial charge in [-0.05, 0) is 47.4 Å². The number of hydrogen-bond donors (Lipinski definition) is 0. The Balaban J connectivity index is 2.12. The van der Waals surface area contributed by atoms with Crippen molar-refractivity contribution in [2.75, 3.05) is 23.7 Å². The molecule has 0 bridgehead atoms. The Morgan fingerprint density at radius 2 is 1.88 bits per heavy atom. The molecule has 0 aliphatic carbocycles. The molecule has 0 aromatic heterocycles. The number of nitrogens with zero attached hydrogens (tertiary/aromatic N) is 1. The van der Waals surface area contributed by atoms with E-state index in [4.69, 9.17) is 27.9 Å². The van der Waals surface area contributed by atoms with E-state index in [2.05, 4.69) is 0 Å². The Morgan fingerprint density at radius 3 is 2.46 bits per heavy atom. The van der Waals surface area contributed by atoms with Gasteiger partial charge in [-0.1, -0.05) is 35.3 Å². The van der Waals surface area contributed by atoms with Crippen LogP contribution in [0.3, 0.4) is 0 Å². The van der Waals surface area contributed by atoms with E-state index in [9.17, 15) is 8.42 Å². The molecule has 0 radical (unpaired) electrons. The van der Waals surface area contributed by atoms with E-state index < -0.39 is 10.0 Å². The zero-order valence-electron chi connectivity index (χ0n) is 13.1. The first-order chi connectivity index (χ1) is 11.4. The number of anilines is 1. The lowest BCUT2D eigenvalue weighted by atomic mass is 9.99. The monoisotopic (exact) mass is 385 g/mol. The number of rotatable bonds is 4. The largest absolute Gasteiger partial charge is 0.380 e. The summed E-state index contributed by atoms with van der Waals surface area (Å²) >= 11 is 12.4.